The van der Waals surface area contributed by atoms with E-state index in [0.29, 0.717) is 63.7 Å². The molecule has 2 aliphatic heterocycles. The molecular formula is C48H67N7O10. The average molecular weight is 902 g/mol. The minimum atomic E-state index is -0.959. The van der Waals surface area contributed by atoms with Gasteiger partial charge in [-0.1, -0.05) is 76.1 Å². The summed E-state index contributed by atoms with van der Waals surface area (Å²) in [5, 5.41) is 11.2. The number of nitrogens with zero attached hydrogens (tertiary/aromatic N) is 3. The van der Waals surface area contributed by atoms with Crippen LogP contribution in [0.25, 0.3) is 0 Å². The third-order valence-electron chi connectivity index (χ3n) is 12.5. The third kappa shape index (κ3) is 15.1. The smallest absolute Gasteiger partial charge is 0.253 e. The number of nitrogens with one attached hydrogen (secondary N) is 4. The summed E-state index contributed by atoms with van der Waals surface area (Å²) in [5.41, 5.74) is 2.16. The Morgan fingerprint density at radius 1 is 0.892 bits per heavy atom. The first-order valence-corrected chi connectivity index (χ1v) is 22.5. The Bertz CT molecular complexity index is 1940. The number of hydrogen-bond acceptors (Lipinski definition) is 10. The highest BCUT2D eigenvalue weighted by Crippen LogP contribution is 2.29. The van der Waals surface area contributed by atoms with Crippen LogP contribution in [0.4, 0.5) is 5.69 Å². The summed E-state index contributed by atoms with van der Waals surface area (Å²) in [6.07, 6.45) is 6.11. The van der Waals surface area contributed by atoms with Gasteiger partial charge in [0, 0.05) is 71.6 Å². The highest BCUT2D eigenvalue weighted by atomic mass is 16.5. The molecule has 7 atom stereocenters. The lowest BCUT2D eigenvalue weighted by molar-refractivity contribution is -0.145. The summed E-state index contributed by atoms with van der Waals surface area (Å²) in [5.74, 6) is -2.86. The SMILES string of the molecule is CCC(C)C(C(CC(=O)N1CCCC1C(OC)C(C)C(=O)N[C@@H](Cc1ccccc1)C(=O)Nc1ccc(CNC(=O)CCCCCN2C(=O)C=CC2=O)cc1)OC)N(C)C(=O)CNC=O. The van der Waals surface area contributed by atoms with E-state index in [2.05, 4.69) is 21.3 Å². The molecule has 2 aliphatic rings. The monoisotopic (exact) mass is 901 g/mol. The number of rotatable bonds is 27. The zero-order valence-electron chi connectivity index (χ0n) is 38.6. The number of benzene rings is 2. The molecule has 4 N–H and O–H groups in total. The molecule has 0 saturated carbocycles. The Morgan fingerprint density at radius 2 is 1.58 bits per heavy atom. The Labute approximate surface area is 382 Å². The van der Waals surface area contributed by atoms with Crippen molar-refractivity contribution in [2.45, 2.75) is 115 Å². The lowest BCUT2D eigenvalue weighted by atomic mass is 9.90. The van der Waals surface area contributed by atoms with Gasteiger partial charge in [0.1, 0.15) is 6.04 Å². The van der Waals surface area contributed by atoms with E-state index in [4.69, 9.17) is 9.47 Å². The molecule has 6 unspecified atom stereocenters. The number of carbonyl (C=O) groups excluding carboxylic acids is 8. The molecule has 0 radical (unpaired) electrons. The lowest BCUT2D eigenvalue weighted by Crippen LogP contribution is -2.55. The van der Waals surface area contributed by atoms with Gasteiger partial charge in [0.2, 0.25) is 35.9 Å². The third-order valence-corrected chi connectivity index (χ3v) is 12.5. The summed E-state index contributed by atoms with van der Waals surface area (Å²) in [7, 11) is 4.67. The van der Waals surface area contributed by atoms with Crippen molar-refractivity contribution in [2.24, 2.45) is 11.8 Å². The molecule has 0 aliphatic carbocycles. The Balaban J connectivity index is 1.35. The number of ether oxygens (including phenoxy) is 2. The fraction of sp³-hybridized carbons (Fsp3) is 0.542. The standard InChI is InChI=1S/C48H67N7O10/c1-7-32(2)45(53(4)44(61)30-49-31-56)39(64-5)28-43(60)54-26-14-17-38(54)46(65-6)33(3)47(62)52-37(27-34-15-10-8-11-16-34)48(63)51-36-21-19-35(20-22-36)29-50-40(57)18-12-9-13-25-55-41(58)23-24-42(55)59/h8,10-11,15-16,19-24,31-33,37-39,45-46H,7,9,12-14,17-18,25-30H2,1-6H3,(H,49,56)(H,50,57)(H,51,63)(H,52,62)/t32?,33?,37-,38?,39?,45?,46?/m0/s1. The Morgan fingerprint density at radius 3 is 2.22 bits per heavy atom. The zero-order valence-corrected chi connectivity index (χ0v) is 38.6. The molecule has 17 heteroatoms. The summed E-state index contributed by atoms with van der Waals surface area (Å²) in [4.78, 5) is 106. The van der Waals surface area contributed by atoms with Crippen LogP contribution >= 0.6 is 0 Å². The highest BCUT2D eigenvalue weighted by Gasteiger charge is 2.42. The van der Waals surface area contributed by atoms with Gasteiger partial charge in [-0.2, -0.15) is 0 Å². The molecule has 2 heterocycles. The fourth-order valence-electron chi connectivity index (χ4n) is 8.55. The van der Waals surface area contributed by atoms with Gasteiger partial charge in [-0.05, 0) is 54.9 Å². The van der Waals surface area contributed by atoms with E-state index >= 15 is 0 Å². The second-order valence-corrected chi connectivity index (χ2v) is 16.8. The first kappa shape index (κ1) is 51.7. The molecule has 1 fully saturated rings. The van der Waals surface area contributed by atoms with Gasteiger partial charge in [0.05, 0.1) is 43.2 Å². The highest BCUT2D eigenvalue weighted by molar-refractivity contribution is 6.12. The predicted octanol–water partition coefficient (Wildman–Crippen LogP) is 3.12. The number of likely N-dealkylation sites (N-methyl/N-ethyl adjacent to an activating group) is 1. The molecule has 1 saturated heterocycles. The van der Waals surface area contributed by atoms with Crippen molar-refractivity contribution in [2.75, 3.05) is 46.2 Å². The van der Waals surface area contributed by atoms with Crippen LogP contribution < -0.4 is 21.3 Å². The van der Waals surface area contributed by atoms with Gasteiger partial charge < -0.3 is 40.5 Å². The average Bonchev–Trinajstić information content (AvgIpc) is 3.92. The number of hydrogen-bond donors (Lipinski definition) is 4. The van der Waals surface area contributed by atoms with Crippen LogP contribution in [0.1, 0.15) is 83.3 Å². The van der Waals surface area contributed by atoms with E-state index in [-0.39, 0.29) is 61.4 Å². The first-order chi connectivity index (χ1) is 31.2. The number of methoxy groups -OCH3 is 2. The molecule has 2 aromatic carbocycles. The van der Waals surface area contributed by atoms with Crippen LogP contribution in [0.15, 0.2) is 66.7 Å². The maximum Gasteiger partial charge on any atom is 0.253 e. The predicted molar refractivity (Wildman–Crippen MR) is 244 cm³/mol. The number of imide groups is 1. The van der Waals surface area contributed by atoms with Crippen molar-refractivity contribution in [3.05, 3.63) is 77.9 Å². The lowest BCUT2D eigenvalue weighted by Gasteiger charge is -2.39. The maximum atomic E-state index is 14.1. The molecule has 0 bridgehead atoms. The minimum Gasteiger partial charge on any atom is -0.379 e. The summed E-state index contributed by atoms with van der Waals surface area (Å²) >= 11 is 0. The molecule has 0 aromatic heterocycles. The van der Waals surface area contributed by atoms with Crippen molar-refractivity contribution in [1.82, 2.24) is 30.7 Å². The van der Waals surface area contributed by atoms with E-state index in [1.807, 2.05) is 44.2 Å². The Kier molecular flexibility index (Phi) is 20.8. The van der Waals surface area contributed by atoms with Gasteiger partial charge in [-0.25, -0.2) is 0 Å². The normalized spacial score (nSPS) is 17.4. The van der Waals surface area contributed by atoms with Gasteiger partial charge >= 0.3 is 0 Å². The second kappa shape index (κ2) is 26.1. The van der Waals surface area contributed by atoms with Gasteiger partial charge in [0.25, 0.3) is 11.8 Å². The van der Waals surface area contributed by atoms with Gasteiger partial charge in [-0.15, -0.1) is 0 Å². The van der Waals surface area contributed by atoms with E-state index in [1.54, 1.807) is 43.1 Å². The molecule has 65 heavy (non-hydrogen) atoms. The number of anilines is 1. The van der Waals surface area contributed by atoms with Crippen molar-refractivity contribution in [3.8, 4) is 0 Å². The van der Waals surface area contributed by atoms with Crippen LogP contribution in [0.2, 0.25) is 0 Å². The van der Waals surface area contributed by atoms with Crippen LogP contribution in [0.5, 0.6) is 0 Å². The van der Waals surface area contributed by atoms with E-state index in [1.165, 1.54) is 36.2 Å². The summed E-state index contributed by atoms with van der Waals surface area (Å²) in [6, 6.07) is 14.6. The van der Waals surface area contributed by atoms with Crippen molar-refractivity contribution in [1.29, 1.82) is 0 Å². The fourth-order valence-corrected chi connectivity index (χ4v) is 8.55. The van der Waals surface area contributed by atoms with Gasteiger partial charge in [-0.3, -0.25) is 43.3 Å². The van der Waals surface area contributed by atoms with Gasteiger partial charge in [0.15, 0.2) is 0 Å². The second-order valence-electron chi connectivity index (χ2n) is 16.8. The first-order valence-electron chi connectivity index (χ1n) is 22.5. The van der Waals surface area contributed by atoms with Crippen molar-refractivity contribution in [3.63, 3.8) is 0 Å². The molecule has 354 valence electrons. The number of amides is 8. The number of unbranched alkanes of at least 4 members (excludes halogenated alkanes) is 2. The quantitative estimate of drug-likeness (QED) is 0.0585. The summed E-state index contributed by atoms with van der Waals surface area (Å²) in [6.45, 7) is 6.61. The van der Waals surface area contributed by atoms with Crippen molar-refractivity contribution >= 4 is 53.4 Å². The molecule has 0 spiro atoms. The zero-order chi connectivity index (χ0) is 47.5. The summed E-state index contributed by atoms with van der Waals surface area (Å²) < 4.78 is 11.8. The van der Waals surface area contributed by atoms with Crippen molar-refractivity contribution < 1.29 is 47.8 Å². The maximum absolute atomic E-state index is 14.1. The van der Waals surface area contributed by atoms with E-state index in [9.17, 15) is 38.4 Å². The molecule has 8 amide bonds. The molecular weight excluding hydrogens is 835 g/mol. The topological polar surface area (TPSA) is 213 Å². The van der Waals surface area contributed by atoms with Crippen LogP contribution in [0, 0.1) is 11.8 Å². The molecule has 2 aromatic rings. The molecule has 4 rings (SSSR count). The molecule has 17 nitrogen and oxygen atoms in total. The van der Waals surface area contributed by atoms with Crippen LogP contribution in [0.3, 0.4) is 0 Å². The number of likely N-dealkylation sites (tertiary alicyclic amines) is 1. The van der Waals surface area contributed by atoms with E-state index in [0.717, 1.165) is 17.5 Å². The van der Waals surface area contributed by atoms with Crippen LogP contribution in [-0.4, -0.2) is 134 Å². The number of carbonyl (C=O) groups is 8. The largest absolute Gasteiger partial charge is 0.379 e. The Hall–Kier alpha value is -5.94. The van der Waals surface area contributed by atoms with E-state index < -0.39 is 48.1 Å². The van der Waals surface area contributed by atoms with Crippen LogP contribution in [-0.2, 0) is 60.8 Å². The minimum absolute atomic E-state index is 0.0125.